The number of nitrogens with zero attached hydrogens (tertiary/aromatic N) is 5. The van der Waals surface area contributed by atoms with Crippen LogP contribution in [0.4, 0.5) is 5.69 Å². The van der Waals surface area contributed by atoms with Gasteiger partial charge in [0.15, 0.2) is 5.69 Å². The molecule has 2 heterocycles. The molecule has 9 heteroatoms. The molecule has 0 spiro atoms. The first-order valence-electron chi connectivity index (χ1n) is 6.67. The molecule has 0 bridgehead atoms. The molecule has 0 aliphatic heterocycles. The van der Waals surface area contributed by atoms with Crippen LogP contribution < -0.4 is 10.1 Å². The van der Waals surface area contributed by atoms with Crippen LogP contribution in [0.25, 0.3) is 0 Å². The molecule has 0 saturated heterocycles. The molecule has 2 rings (SSSR count). The molecule has 8 nitrogen and oxygen atoms in total. The Morgan fingerprint density at radius 1 is 1.50 bits per heavy atom. The maximum Gasteiger partial charge on any atom is 0.277 e. The first-order chi connectivity index (χ1) is 10.4. The molecular formula is C13H19BrN6O2. The van der Waals surface area contributed by atoms with Gasteiger partial charge in [0.2, 0.25) is 5.88 Å². The molecule has 2 aromatic rings. The van der Waals surface area contributed by atoms with E-state index in [0.717, 1.165) is 13.1 Å². The zero-order valence-electron chi connectivity index (χ0n) is 13.0. The van der Waals surface area contributed by atoms with E-state index in [4.69, 9.17) is 4.74 Å². The second-order valence-corrected chi connectivity index (χ2v) is 5.84. The maximum atomic E-state index is 12.3. The second kappa shape index (κ2) is 6.93. The van der Waals surface area contributed by atoms with Gasteiger partial charge in [-0.25, -0.2) is 4.68 Å². The molecule has 0 atom stereocenters. The van der Waals surface area contributed by atoms with E-state index >= 15 is 0 Å². The third-order valence-corrected chi connectivity index (χ3v) is 3.73. The Kier molecular flexibility index (Phi) is 5.19. The van der Waals surface area contributed by atoms with E-state index in [-0.39, 0.29) is 11.6 Å². The summed E-state index contributed by atoms with van der Waals surface area (Å²) in [6.45, 7) is 1.63. The number of halogens is 1. The first kappa shape index (κ1) is 16.5. The number of aromatic nitrogens is 4. The van der Waals surface area contributed by atoms with Gasteiger partial charge < -0.3 is 15.0 Å². The van der Waals surface area contributed by atoms with Gasteiger partial charge in [0.25, 0.3) is 5.91 Å². The average molecular weight is 371 g/mol. The van der Waals surface area contributed by atoms with Crippen molar-refractivity contribution in [3.63, 3.8) is 0 Å². The minimum atomic E-state index is -0.321. The lowest BCUT2D eigenvalue weighted by atomic mass is 10.4. The fourth-order valence-corrected chi connectivity index (χ4v) is 2.57. The van der Waals surface area contributed by atoms with Gasteiger partial charge in [0, 0.05) is 19.8 Å². The molecule has 0 saturated carbocycles. The van der Waals surface area contributed by atoms with E-state index in [2.05, 4.69) is 36.3 Å². The SMILES string of the molecule is COc1c(Br)c(C(=O)Nc2cnn(CCN(C)C)c2)nn1C. The Labute approximate surface area is 137 Å². The Morgan fingerprint density at radius 3 is 2.82 bits per heavy atom. The van der Waals surface area contributed by atoms with Crippen LogP contribution in [0.5, 0.6) is 5.88 Å². The van der Waals surface area contributed by atoms with Crippen molar-refractivity contribution in [3.8, 4) is 5.88 Å². The maximum absolute atomic E-state index is 12.3. The monoisotopic (exact) mass is 370 g/mol. The molecular weight excluding hydrogens is 352 g/mol. The van der Waals surface area contributed by atoms with Crippen LogP contribution in [-0.4, -0.2) is 58.1 Å². The van der Waals surface area contributed by atoms with Crippen LogP contribution in [-0.2, 0) is 13.6 Å². The molecule has 2 aromatic heterocycles. The molecule has 0 fully saturated rings. The van der Waals surface area contributed by atoms with Crippen molar-refractivity contribution in [2.75, 3.05) is 33.1 Å². The van der Waals surface area contributed by atoms with Gasteiger partial charge >= 0.3 is 0 Å². The number of aryl methyl sites for hydroxylation is 1. The Bertz CT molecular complexity index is 664. The highest BCUT2D eigenvalue weighted by molar-refractivity contribution is 9.10. The number of nitrogens with one attached hydrogen (secondary N) is 1. The summed E-state index contributed by atoms with van der Waals surface area (Å²) in [4.78, 5) is 14.3. The van der Waals surface area contributed by atoms with Gasteiger partial charge in [-0.1, -0.05) is 0 Å². The van der Waals surface area contributed by atoms with Crippen molar-refractivity contribution >= 4 is 27.5 Å². The molecule has 0 aromatic carbocycles. The average Bonchev–Trinajstić information content (AvgIpc) is 3.01. The quantitative estimate of drug-likeness (QED) is 0.826. The van der Waals surface area contributed by atoms with Crippen molar-refractivity contribution in [3.05, 3.63) is 22.6 Å². The largest absolute Gasteiger partial charge is 0.480 e. The molecule has 120 valence electrons. The standard InChI is InChI=1S/C13H19BrN6O2/c1-18(2)5-6-20-8-9(7-15-20)16-12(21)11-10(14)13(22-4)19(3)17-11/h7-8H,5-6H2,1-4H3,(H,16,21). The van der Waals surface area contributed by atoms with E-state index in [1.165, 1.54) is 11.8 Å². The molecule has 22 heavy (non-hydrogen) atoms. The smallest absolute Gasteiger partial charge is 0.277 e. The highest BCUT2D eigenvalue weighted by Gasteiger charge is 2.21. The van der Waals surface area contributed by atoms with Crippen molar-refractivity contribution in [2.45, 2.75) is 6.54 Å². The number of amides is 1. The molecule has 0 unspecified atom stereocenters. The van der Waals surface area contributed by atoms with Crippen molar-refractivity contribution in [2.24, 2.45) is 7.05 Å². The number of carbonyl (C=O) groups is 1. The summed E-state index contributed by atoms with van der Waals surface area (Å²) in [5.41, 5.74) is 0.890. The fraction of sp³-hybridized carbons (Fsp3) is 0.462. The number of likely N-dealkylation sites (N-methyl/N-ethyl adjacent to an activating group) is 1. The van der Waals surface area contributed by atoms with Crippen LogP contribution in [0.1, 0.15) is 10.5 Å². The van der Waals surface area contributed by atoms with Crippen LogP contribution >= 0.6 is 15.9 Å². The summed E-state index contributed by atoms with van der Waals surface area (Å²) in [7, 11) is 7.23. The number of hydrogen-bond acceptors (Lipinski definition) is 5. The lowest BCUT2D eigenvalue weighted by molar-refractivity contribution is 0.102. The van der Waals surface area contributed by atoms with E-state index < -0.39 is 0 Å². The number of rotatable bonds is 6. The summed E-state index contributed by atoms with van der Waals surface area (Å²) in [6.07, 6.45) is 3.40. The summed E-state index contributed by atoms with van der Waals surface area (Å²) in [5.74, 6) is 0.171. The number of carbonyl (C=O) groups excluding carboxylic acids is 1. The Morgan fingerprint density at radius 2 is 2.23 bits per heavy atom. The third-order valence-electron chi connectivity index (χ3n) is 3.02. The zero-order valence-corrected chi connectivity index (χ0v) is 14.6. The van der Waals surface area contributed by atoms with Gasteiger partial charge in [-0.3, -0.25) is 9.48 Å². The summed E-state index contributed by atoms with van der Waals surface area (Å²) < 4.78 is 8.97. The van der Waals surface area contributed by atoms with Gasteiger partial charge in [-0.05, 0) is 30.0 Å². The van der Waals surface area contributed by atoms with Gasteiger partial charge in [-0.15, -0.1) is 0 Å². The number of hydrogen-bond donors (Lipinski definition) is 1. The fourth-order valence-electron chi connectivity index (χ4n) is 1.89. The number of methoxy groups -OCH3 is 1. The number of anilines is 1. The molecule has 0 aliphatic carbocycles. The minimum Gasteiger partial charge on any atom is -0.480 e. The van der Waals surface area contributed by atoms with E-state index in [1.807, 2.05) is 14.1 Å². The summed E-state index contributed by atoms with van der Waals surface area (Å²) in [5, 5.41) is 11.1. The lowest BCUT2D eigenvalue weighted by Gasteiger charge is -2.08. The van der Waals surface area contributed by atoms with Gasteiger partial charge in [0.05, 0.1) is 25.5 Å². The highest BCUT2D eigenvalue weighted by Crippen LogP contribution is 2.28. The Balaban J connectivity index is 2.06. The van der Waals surface area contributed by atoms with Crippen LogP contribution in [0.3, 0.4) is 0 Å². The van der Waals surface area contributed by atoms with Crippen molar-refractivity contribution in [1.82, 2.24) is 24.5 Å². The van der Waals surface area contributed by atoms with Gasteiger partial charge in [-0.2, -0.15) is 10.2 Å². The van der Waals surface area contributed by atoms with Crippen LogP contribution in [0, 0.1) is 0 Å². The van der Waals surface area contributed by atoms with Crippen molar-refractivity contribution < 1.29 is 9.53 Å². The van der Waals surface area contributed by atoms with E-state index in [1.54, 1.807) is 24.1 Å². The first-order valence-corrected chi connectivity index (χ1v) is 7.46. The summed E-state index contributed by atoms with van der Waals surface area (Å²) >= 11 is 3.33. The predicted octanol–water partition coefficient (Wildman–Crippen LogP) is 1.20. The molecule has 0 aliphatic rings. The Hall–Kier alpha value is -1.87. The predicted molar refractivity (Wildman–Crippen MR) is 86.2 cm³/mol. The topological polar surface area (TPSA) is 77.2 Å². The van der Waals surface area contributed by atoms with Crippen LogP contribution in [0.15, 0.2) is 16.9 Å². The normalized spacial score (nSPS) is 11.0. The zero-order chi connectivity index (χ0) is 16.3. The highest BCUT2D eigenvalue weighted by atomic mass is 79.9. The van der Waals surface area contributed by atoms with Gasteiger partial charge in [0.1, 0.15) is 4.47 Å². The molecule has 1 amide bonds. The molecule has 0 radical (unpaired) electrons. The minimum absolute atomic E-state index is 0.264. The summed E-state index contributed by atoms with van der Waals surface area (Å²) in [6, 6.07) is 0. The van der Waals surface area contributed by atoms with E-state index in [9.17, 15) is 4.79 Å². The lowest BCUT2D eigenvalue weighted by Crippen LogP contribution is -2.18. The number of ether oxygens (including phenoxy) is 1. The van der Waals surface area contributed by atoms with Crippen LogP contribution in [0.2, 0.25) is 0 Å². The second-order valence-electron chi connectivity index (χ2n) is 5.04. The molecule has 1 N–H and O–H groups in total. The third kappa shape index (κ3) is 3.66. The van der Waals surface area contributed by atoms with E-state index in [0.29, 0.717) is 16.0 Å². The van der Waals surface area contributed by atoms with Crippen molar-refractivity contribution in [1.29, 1.82) is 0 Å².